The highest BCUT2D eigenvalue weighted by molar-refractivity contribution is 5.92. The highest BCUT2D eigenvalue weighted by Crippen LogP contribution is 2.00. The van der Waals surface area contributed by atoms with Crippen molar-refractivity contribution in [3.05, 3.63) is 54.1 Å². The summed E-state index contributed by atoms with van der Waals surface area (Å²) in [6.45, 7) is 0.533. The van der Waals surface area contributed by atoms with Crippen molar-refractivity contribution in [3.63, 3.8) is 0 Å². The predicted octanol–water partition coefficient (Wildman–Crippen LogP) is 1.35. The SMILES string of the molecule is Cn1cncc1C(=O)NCc1ccccc1. The number of hydrogen-bond acceptors (Lipinski definition) is 2. The van der Waals surface area contributed by atoms with Gasteiger partial charge in [0, 0.05) is 13.6 Å². The molecule has 4 heteroatoms. The number of aryl methyl sites for hydroxylation is 1. The van der Waals surface area contributed by atoms with Crippen LogP contribution in [0.25, 0.3) is 0 Å². The summed E-state index contributed by atoms with van der Waals surface area (Å²) in [6.07, 6.45) is 3.16. The summed E-state index contributed by atoms with van der Waals surface area (Å²) >= 11 is 0. The zero-order chi connectivity index (χ0) is 11.4. The highest BCUT2D eigenvalue weighted by atomic mass is 16.1. The van der Waals surface area contributed by atoms with E-state index in [0.717, 1.165) is 5.56 Å². The molecule has 0 fully saturated rings. The predicted molar refractivity (Wildman–Crippen MR) is 60.8 cm³/mol. The molecule has 0 aliphatic carbocycles. The third-order valence-corrected chi connectivity index (χ3v) is 2.35. The van der Waals surface area contributed by atoms with Gasteiger partial charge < -0.3 is 9.88 Å². The zero-order valence-electron chi connectivity index (χ0n) is 9.05. The number of hydrogen-bond donors (Lipinski definition) is 1. The van der Waals surface area contributed by atoms with Gasteiger partial charge in [0.15, 0.2) is 0 Å². The molecule has 0 aliphatic heterocycles. The summed E-state index contributed by atoms with van der Waals surface area (Å²) in [6, 6.07) is 9.80. The van der Waals surface area contributed by atoms with E-state index in [1.54, 1.807) is 24.1 Å². The van der Waals surface area contributed by atoms with E-state index in [-0.39, 0.29) is 5.91 Å². The molecule has 0 bridgehead atoms. The van der Waals surface area contributed by atoms with E-state index >= 15 is 0 Å². The maximum atomic E-state index is 11.7. The van der Waals surface area contributed by atoms with Crippen molar-refractivity contribution >= 4 is 5.91 Å². The molecule has 0 aliphatic rings. The Bertz CT molecular complexity index is 476. The summed E-state index contributed by atoms with van der Waals surface area (Å²) in [5, 5.41) is 2.84. The quantitative estimate of drug-likeness (QED) is 0.840. The van der Waals surface area contributed by atoms with Crippen LogP contribution in [-0.4, -0.2) is 15.5 Å². The van der Waals surface area contributed by atoms with Gasteiger partial charge in [-0.3, -0.25) is 4.79 Å². The van der Waals surface area contributed by atoms with Crippen LogP contribution in [0.1, 0.15) is 16.1 Å². The maximum absolute atomic E-state index is 11.7. The molecule has 1 aromatic carbocycles. The standard InChI is InChI=1S/C12H13N3O/c1-15-9-13-8-11(15)12(16)14-7-10-5-3-2-4-6-10/h2-6,8-9H,7H2,1H3,(H,14,16). The van der Waals surface area contributed by atoms with Gasteiger partial charge in [-0.15, -0.1) is 0 Å². The van der Waals surface area contributed by atoms with E-state index in [0.29, 0.717) is 12.2 Å². The van der Waals surface area contributed by atoms with Gasteiger partial charge in [0.1, 0.15) is 5.69 Å². The number of carbonyl (C=O) groups is 1. The van der Waals surface area contributed by atoms with Gasteiger partial charge in [0.2, 0.25) is 0 Å². The van der Waals surface area contributed by atoms with Crippen molar-refractivity contribution in [2.45, 2.75) is 6.54 Å². The molecule has 1 aromatic heterocycles. The molecule has 0 radical (unpaired) electrons. The van der Waals surface area contributed by atoms with Crippen LogP contribution in [0.4, 0.5) is 0 Å². The van der Waals surface area contributed by atoms with E-state index in [4.69, 9.17) is 0 Å². The minimum absolute atomic E-state index is 0.108. The summed E-state index contributed by atoms with van der Waals surface area (Å²) < 4.78 is 1.69. The molecule has 4 nitrogen and oxygen atoms in total. The molecule has 0 unspecified atom stereocenters. The van der Waals surface area contributed by atoms with E-state index in [2.05, 4.69) is 10.3 Å². The number of nitrogens with one attached hydrogen (secondary N) is 1. The number of imidazole rings is 1. The van der Waals surface area contributed by atoms with Crippen LogP contribution in [0.2, 0.25) is 0 Å². The van der Waals surface area contributed by atoms with Gasteiger partial charge in [0.05, 0.1) is 12.5 Å². The second-order valence-corrected chi connectivity index (χ2v) is 3.56. The molecule has 0 saturated heterocycles. The molecule has 1 heterocycles. The first kappa shape index (κ1) is 10.4. The summed E-state index contributed by atoms with van der Waals surface area (Å²) in [5.74, 6) is -0.108. The molecule has 2 rings (SSSR count). The lowest BCUT2D eigenvalue weighted by Crippen LogP contribution is -2.24. The minimum atomic E-state index is -0.108. The van der Waals surface area contributed by atoms with Crippen molar-refractivity contribution in [1.82, 2.24) is 14.9 Å². The Morgan fingerprint density at radius 3 is 2.75 bits per heavy atom. The normalized spacial score (nSPS) is 10.1. The van der Waals surface area contributed by atoms with E-state index < -0.39 is 0 Å². The number of carbonyl (C=O) groups excluding carboxylic acids is 1. The second kappa shape index (κ2) is 4.61. The van der Waals surface area contributed by atoms with Crippen LogP contribution in [0.3, 0.4) is 0 Å². The van der Waals surface area contributed by atoms with Crippen molar-refractivity contribution in [3.8, 4) is 0 Å². The Balaban J connectivity index is 1.97. The van der Waals surface area contributed by atoms with Crippen molar-refractivity contribution in [2.24, 2.45) is 7.05 Å². The molecular weight excluding hydrogens is 202 g/mol. The van der Waals surface area contributed by atoms with Crippen LogP contribution in [0.15, 0.2) is 42.9 Å². The third-order valence-electron chi connectivity index (χ3n) is 2.35. The molecule has 2 aromatic rings. The maximum Gasteiger partial charge on any atom is 0.269 e. The molecule has 0 atom stereocenters. The van der Waals surface area contributed by atoms with Gasteiger partial charge in [-0.25, -0.2) is 4.98 Å². The lowest BCUT2D eigenvalue weighted by Gasteiger charge is -2.05. The smallest absolute Gasteiger partial charge is 0.269 e. The van der Waals surface area contributed by atoms with Gasteiger partial charge in [-0.1, -0.05) is 30.3 Å². The third kappa shape index (κ3) is 2.28. The summed E-state index contributed by atoms with van der Waals surface area (Å²) in [7, 11) is 1.80. The van der Waals surface area contributed by atoms with Crippen LogP contribution in [-0.2, 0) is 13.6 Å². The van der Waals surface area contributed by atoms with Gasteiger partial charge in [-0.05, 0) is 5.56 Å². The molecule has 82 valence electrons. The largest absolute Gasteiger partial charge is 0.347 e. The lowest BCUT2D eigenvalue weighted by molar-refractivity contribution is 0.0943. The molecule has 1 N–H and O–H groups in total. The Labute approximate surface area is 93.9 Å². The fraction of sp³-hybridized carbons (Fsp3) is 0.167. The molecule has 0 spiro atoms. The Morgan fingerprint density at radius 1 is 1.38 bits per heavy atom. The number of aromatic nitrogens is 2. The Kier molecular flexibility index (Phi) is 3.00. The number of amides is 1. The first-order chi connectivity index (χ1) is 7.77. The van der Waals surface area contributed by atoms with Crippen LogP contribution in [0.5, 0.6) is 0 Å². The molecule has 0 saturated carbocycles. The first-order valence-corrected chi connectivity index (χ1v) is 5.06. The average molecular weight is 215 g/mol. The lowest BCUT2D eigenvalue weighted by atomic mass is 10.2. The first-order valence-electron chi connectivity index (χ1n) is 5.06. The fourth-order valence-corrected chi connectivity index (χ4v) is 1.44. The fourth-order valence-electron chi connectivity index (χ4n) is 1.44. The number of nitrogens with zero attached hydrogens (tertiary/aromatic N) is 2. The van der Waals surface area contributed by atoms with E-state index in [1.165, 1.54) is 0 Å². The van der Waals surface area contributed by atoms with Crippen LogP contribution in [0, 0.1) is 0 Å². The minimum Gasteiger partial charge on any atom is -0.347 e. The monoisotopic (exact) mass is 215 g/mol. The van der Waals surface area contributed by atoms with E-state index in [1.807, 2.05) is 30.3 Å². The zero-order valence-corrected chi connectivity index (χ0v) is 9.05. The number of benzene rings is 1. The van der Waals surface area contributed by atoms with Gasteiger partial charge >= 0.3 is 0 Å². The molecular formula is C12H13N3O. The number of rotatable bonds is 3. The summed E-state index contributed by atoms with van der Waals surface area (Å²) in [5.41, 5.74) is 1.65. The van der Waals surface area contributed by atoms with Crippen molar-refractivity contribution < 1.29 is 4.79 Å². The van der Waals surface area contributed by atoms with Gasteiger partial charge in [-0.2, -0.15) is 0 Å². The van der Waals surface area contributed by atoms with Crippen LogP contribution >= 0.6 is 0 Å². The molecule has 16 heavy (non-hydrogen) atoms. The van der Waals surface area contributed by atoms with E-state index in [9.17, 15) is 4.79 Å². The highest BCUT2D eigenvalue weighted by Gasteiger charge is 2.08. The summed E-state index contributed by atoms with van der Waals surface area (Å²) in [4.78, 5) is 15.6. The Hall–Kier alpha value is -2.10. The topological polar surface area (TPSA) is 46.9 Å². The average Bonchev–Trinajstić information content (AvgIpc) is 2.74. The van der Waals surface area contributed by atoms with Crippen molar-refractivity contribution in [2.75, 3.05) is 0 Å². The van der Waals surface area contributed by atoms with Crippen LogP contribution < -0.4 is 5.32 Å². The second-order valence-electron chi connectivity index (χ2n) is 3.56. The van der Waals surface area contributed by atoms with Gasteiger partial charge in [0.25, 0.3) is 5.91 Å². The molecule has 1 amide bonds. The van der Waals surface area contributed by atoms with Crippen molar-refractivity contribution in [1.29, 1.82) is 0 Å². The Morgan fingerprint density at radius 2 is 2.12 bits per heavy atom.